The third-order valence-corrected chi connectivity index (χ3v) is 13.1. The maximum absolute atomic E-state index is 13.9. The number of anilines is 1. The van der Waals surface area contributed by atoms with Crippen LogP contribution in [-0.2, 0) is 46.6 Å². The van der Waals surface area contributed by atoms with Crippen molar-refractivity contribution < 1.29 is 89.4 Å². The number of carbonyl (C=O) groups excluding carboxylic acids is 7. The number of fused-ring (bicyclic) bond motifs is 2. The number of unbranched alkanes of at least 4 members (excludes halogenated alkanes) is 3. The standard InChI is InChI=1S/C50H76N10O18/c1-59(24-39-56-31-9-5-6-10-32(31)57-39)49(76)27-11-13-30-28(19-27)23-60(50(77)34(55-30)20-42(69)78-2)18-8-4-3-7-17-52-48(75)33(14-16-41(68)54-22-36(64)44(71)46(73)38(66)26-62)58-47(74)29(51)12-15-40(67)53-21-35(63)43(70)45(72)37(65)25-61/h5-6,9-11,13,19,29,33-38,43-46,55,61-66,70-73H,3-4,7-8,12,14-18,20-26,51H2,1-2H3,(H,52,75)(H,53,67)(H,54,68)(H,56,57)(H,58,74)/t29-,33-,34?,35?,36?,37-,38-,43?,44?,45+,46+/m0/s1. The van der Waals surface area contributed by atoms with Crippen molar-refractivity contribution in [3.05, 3.63) is 59.4 Å². The predicted molar refractivity (Wildman–Crippen MR) is 276 cm³/mol. The van der Waals surface area contributed by atoms with Gasteiger partial charge in [-0.25, -0.2) is 4.98 Å². The van der Waals surface area contributed by atoms with Crippen molar-refractivity contribution in [1.82, 2.24) is 41.0 Å². The molecule has 0 spiro atoms. The normalized spacial score (nSPS) is 17.3. The van der Waals surface area contributed by atoms with E-state index < -0.39 is 129 Å². The smallest absolute Gasteiger partial charge is 0.308 e. The number of rotatable bonds is 33. The van der Waals surface area contributed by atoms with Crippen LogP contribution in [0.5, 0.6) is 0 Å². The quantitative estimate of drug-likeness (QED) is 0.0200. The molecule has 4 rings (SSSR count). The molecule has 6 amide bonds. The Bertz CT molecular complexity index is 2420. The summed E-state index contributed by atoms with van der Waals surface area (Å²) in [4.78, 5) is 103. The number of carbonyl (C=O) groups is 7. The Hall–Kier alpha value is -6.44. The number of aromatic amines is 1. The highest BCUT2D eigenvalue weighted by Crippen LogP contribution is 2.27. The lowest BCUT2D eigenvalue weighted by Gasteiger charge is -2.26. The first kappa shape index (κ1) is 64.1. The van der Waals surface area contributed by atoms with Crippen molar-refractivity contribution in [2.24, 2.45) is 5.73 Å². The lowest BCUT2D eigenvalue weighted by molar-refractivity contribution is -0.144. The van der Waals surface area contributed by atoms with Crippen molar-refractivity contribution >= 4 is 58.1 Å². The largest absolute Gasteiger partial charge is 0.469 e. The van der Waals surface area contributed by atoms with E-state index in [4.69, 9.17) is 20.7 Å². The van der Waals surface area contributed by atoms with Crippen LogP contribution in [0.15, 0.2) is 42.5 Å². The van der Waals surface area contributed by atoms with E-state index >= 15 is 0 Å². The number of hydrogen-bond acceptors (Lipinski definition) is 21. The van der Waals surface area contributed by atoms with Crippen LogP contribution in [0.2, 0.25) is 0 Å². The predicted octanol–water partition coefficient (Wildman–Crippen LogP) is -5.33. The number of esters is 1. The third-order valence-electron chi connectivity index (χ3n) is 13.1. The van der Waals surface area contributed by atoms with Crippen LogP contribution in [0.25, 0.3) is 11.0 Å². The van der Waals surface area contributed by atoms with Crippen molar-refractivity contribution in [2.45, 2.75) is 138 Å². The molecule has 3 aromatic rings. The van der Waals surface area contributed by atoms with Crippen LogP contribution < -0.4 is 32.3 Å². The number of hydrogen-bond donors (Lipinski definition) is 17. The number of para-hydroxylation sites is 2. The first-order valence-electron chi connectivity index (χ1n) is 25.6. The molecular formula is C50H76N10O18. The highest BCUT2D eigenvalue weighted by atomic mass is 16.5. The molecule has 0 radical (unpaired) electrons. The second kappa shape index (κ2) is 31.8. The maximum atomic E-state index is 13.9. The summed E-state index contributed by atoms with van der Waals surface area (Å²) < 4.78 is 4.86. The second-order valence-corrected chi connectivity index (χ2v) is 19.1. The van der Waals surface area contributed by atoms with Gasteiger partial charge in [0.25, 0.3) is 5.91 Å². The van der Waals surface area contributed by atoms with Crippen molar-refractivity contribution in [3.63, 3.8) is 0 Å². The molecule has 0 aliphatic carbocycles. The zero-order chi connectivity index (χ0) is 57.6. The van der Waals surface area contributed by atoms with Crippen LogP contribution in [0.4, 0.5) is 5.69 Å². The molecule has 0 saturated carbocycles. The molecule has 434 valence electrons. The van der Waals surface area contributed by atoms with Gasteiger partial charge in [-0.1, -0.05) is 25.0 Å². The molecular weight excluding hydrogens is 1030 g/mol. The molecule has 0 fully saturated rings. The fourth-order valence-electron chi connectivity index (χ4n) is 8.26. The second-order valence-electron chi connectivity index (χ2n) is 19.1. The summed E-state index contributed by atoms with van der Waals surface area (Å²) in [6.07, 6.45) is -14.4. The summed E-state index contributed by atoms with van der Waals surface area (Å²) in [5.74, 6) is -3.71. The van der Waals surface area contributed by atoms with Gasteiger partial charge in [0.05, 0.1) is 62.6 Å². The molecule has 28 nitrogen and oxygen atoms in total. The van der Waals surface area contributed by atoms with Crippen LogP contribution in [-0.4, -0.2) is 233 Å². The molecule has 0 saturated heterocycles. The first-order valence-corrected chi connectivity index (χ1v) is 25.6. The van der Waals surface area contributed by atoms with E-state index in [-0.39, 0.29) is 63.7 Å². The van der Waals surface area contributed by atoms with Gasteiger partial charge in [-0.2, -0.15) is 0 Å². The Morgan fingerprint density at radius 3 is 1.97 bits per heavy atom. The fourth-order valence-corrected chi connectivity index (χ4v) is 8.26. The van der Waals surface area contributed by atoms with E-state index in [2.05, 4.69) is 36.6 Å². The molecule has 2 aromatic carbocycles. The Kier molecular flexibility index (Phi) is 26.2. The number of ether oxygens (including phenoxy) is 1. The van der Waals surface area contributed by atoms with Gasteiger partial charge >= 0.3 is 5.97 Å². The van der Waals surface area contributed by atoms with Gasteiger partial charge in [0, 0.05) is 63.9 Å². The van der Waals surface area contributed by atoms with Crippen LogP contribution in [0.1, 0.15) is 79.5 Å². The van der Waals surface area contributed by atoms with Gasteiger partial charge in [-0.3, -0.25) is 33.6 Å². The number of amides is 6. The number of aliphatic hydroxyl groups excluding tert-OH is 10. The van der Waals surface area contributed by atoms with Gasteiger partial charge in [0.1, 0.15) is 54.5 Å². The molecule has 5 unspecified atom stereocenters. The van der Waals surface area contributed by atoms with Gasteiger partial charge in [-0.05, 0) is 61.6 Å². The number of nitrogens with two attached hydrogens (primary N) is 1. The molecule has 78 heavy (non-hydrogen) atoms. The number of benzene rings is 2. The minimum absolute atomic E-state index is 0.106. The van der Waals surface area contributed by atoms with Crippen LogP contribution in [0, 0.1) is 0 Å². The summed E-state index contributed by atoms with van der Waals surface area (Å²) >= 11 is 0. The fraction of sp³-hybridized carbons (Fsp3) is 0.600. The first-order chi connectivity index (χ1) is 37.1. The lowest BCUT2D eigenvalue weighted by Crippen LogP contribution is -2.52. The average molecular weight is 1110 g/mol. The van der Waals surface area contributed by atoms with Gasteiger partial charge in [0.2, 0.25) is 29.5 Å². The molecule has 1 aromatic heterocycles. The Morgan fingerprint density at radius 1 is 0.782 bits per heavy atom. The SMILES string of the molecule is COC(=O)CC1Nc2ccc(C(=O)N(C)Cc3nc4ccccc4[nH]3)cc2CN(CCCCCCNC(=O)[C@H](CCC(=O)NCC(O)C(O)[C@H](O)[C@@H](O)CO)NC(=O)[C@@H](N)CCC(=O)NCC(O)C(O)[C@H](O)[C@@H](O)CO)C1=O. The van der Waals surface area contributed by atoms with Gasteiger partial charge in [-0.15, -0.1) is 0 Å². The minimum Gasteiger partial charge on any atom is -0.469 e. The molecule has 18 N–H and O–H groups in total. The minimum atomic E-state index is -1.96. The number of imidazole rings is 1. The Morgan fingerprint density at radius 2 is 1.37 bits per heavy atom. The number of H-pyrrole nitrogens is 1. The van der Waals surface area contributed by atoms with E-state index in [0.29, 0.717) is 48.3 Å². The highest BCUT2D eigenvalue weighted by molar-refractivity contribution is 5.96. The number of nitrogens with zero attached hydrogens (tertiary/aromatic N) is 3. The highest BCUT2D eigenvalue weighted by Gasteiger charge is 2.34. The monoisotopic (exact) mass is 1100 g/mol. The van der Waals surface area contributed by atoms with Crippen molar-refractivity contribution in [3.8, 4) is 0 Å². The van der Waals surface area contributed by atoms with Gasteiger partial charge < -0.3 is 103 Å². The third kappa shape index (κ3) is 19.5. The van der Waals surface area contributed by atoms with E-state index in [1.807, 2.05) is 24.3 Å². The molecule has 0 bridgehead atoms. The zero-order valence-electron chi connectivity index (χ0n) is 43.6. The summed E-state index contributed by atoms with van der Waals surface area (Å²) in [6.45, 7) is -2.29. The topological polar surface area (TPSA) is 452 Å². The average Bonchev–Trinajstić information content (AvgIpc) is 3.83. The van der Waals surface area contributed by atoms with E-state index in [1.54, 1.807) is 30.1 Å². The van der Waals surface area contributed by atoms with Crippen LogP contribution >= 0.6 is 0 Å². The Labute approximate surface area is 449 Å². The number of methoxy groups -OCH3 is 1. The van der Waals surface area contributed by atoms with E-state index in [1.165, 1.54) is 12.0 Å². The summed E-state index contributed by atoms with van der Waals surface area (Å²) in [5, 5.41) is 110. The summed E-state index contributed by atoms with van der Waals surface area (Å²) in [5.41, 5.74) is 9.26. The Balaban J connectivity index is 1.32. The number of nitrogens with one attached hydrogen (secondary N) is 6. The maximum Gasteiger partial charge on any atom is 0.308 e. The zero-order valence-corrected chi connectivity index (χ0v) is 43.6. The number of aliphatic hydroxyl groups is 10. The van der Waals surface area contributed by atoms with Gasteiger partial charge in [0.15, 0.2) is 0 Å². The van der Waals surface area contributed by atoms with E-state index in [9.17, 15) is 74.4 Å². The van der Waals surface area contributed by atoms with Crippen molar-refractivity contribution in [1.29, 1.82) is 0 Å². The summed E-state index contributed by atoms with van der Waals surface area (Å²) in [6, 6.07) is 8.87. The van der Waals surface area contributed by atoms with Crippen LogP contribution in [0.3, 0.4) is 0 Å². The molecule has 1 aliphatic heterocycles. The summed E-state index contributed by atoms with van der Waals surface area (Å²) in [7, 11) is 2.88. The van der Waals surface area contributed by atoms with Crippen molar-refractivity contribution in [2.75, 3.05) is 58.9 Å². The molecule has 1 aliphatic rings. The number of aromatic nitrogens is 2. The lowest BCUT2D eigenvalue weighted by atomic mass is 10.0. The molecule has 28 heteroatoms. The molecule has 11 atom stereocenters. The molecule has 2 heterocycles. The van der Waals surface area contributed by atoms with E-state index in [0.717, 1.165) is 11.0 Å².